The molecule has 0 aliphatic carbocycles. The quantitative estimate of drug-likeness (QED) is 0.344. The minimum atomic E-state index is -0.312. The van der Waals surface area contributed by atoms with Gasteiger partial charge in [-0.1, -0.05) is 5.21 Å². The molecule has 5 aromatic rings. The van der Waals surface area contributed by atoms with Gasteiger partial charge in [0.2, 0.25) is 0 Å². The molecular formula is C26H26ClFN8O. The van der Waals surface area contributed by atoms with E-state index in [0.717, 1.165) is 48.5 Å². The van der Waals surface area contributed by atoms with E-state index in [1.165, 1.54) is 6.33 Å². The van der Waals surface area contributed by atoms with Crippen LogP contribution in [-0.2, 0) is 7.05 Å². The van der Waals surface area contributed by atoms with Crippen LogP contribution < -0.4 is 20.3 Å². The van der Waals surface area contributed by atoms with E-state index in [2.05, 4.69) is 35.8 Å². The summed E-state index contributed by atoms with van der Waals surface area (Å²) in [6.45, 7) is 5.12. The lowest BCUT2D eigenvalue weighted by atomic mass is 10.1. The molecular weight excluding hydrogens is 495 g/mol. The second-order valence-electron chi connectivity index (χ2n) is 8.82. The predicted molar refractivity (Wildman–Crippen MR) is 145 cm³/mol. The molecule has 0 saturated carbocycles. The molecule has 0 unspecified atom stereocenters. The third kappa shape index (κ3) is 4.73. The molecule has 6 rings (SSSR count). The first-order valence-corrected chi connectivity index (χ1v) is 11.8. The van der Waals surface area contributed by atoms with E-state index in [1.807, 2.05) is 56.4 Å². The van der Waals surface area contributed by atoms with Crippen molar-refractivity contribution in [3.05, 3.63) is 66.2 Å². The van der Waals surface area contributed by atoms with Gasteiger partial charge in [0.1, 0.15) is 29.2 Å². The summed E-state index contributed by atoms with van der Waals surface area (Å²) in [4.78, 5) is 10.7. The van der Waals surface area contributed by atoms with Crippen molar-refractivity contribution in [1.29, 1.82) is 0 Å². The molecule has 11 heteroatoms. The van der Waals surface area contributed by atoms with Crippen molar-refractivity contribution in [3.8, 4) is 11.5 Å². The minimum absolute atomic E-state index is 0. The number of benzene rings is 3. The zero-order chi connectivity index (χ0) is 24.6. The zero-order valence-electron chi connectivity index (χ0n) is 20.4. The second kappa shape index (κ2) is 10.2. The Kier molecular flexibility index (Phi) is 6.77. The zero-order valence-corrected chi connectivity index (χ0v) is 21.2. The highest BCUT2D eigenvalue weighted by atomic mass is 35.5. The molecule has 3 heterocycles. The van der Waals surface area contributed by atoms with Crippen molar-refractivity contribution in [2.45, 2.75) is 6.92 Å². The lowest BCUT2D eigenvalue weighted by Crippen LogP contribution is -2.43. The van der Waals surface area contributed by atoms with Gasteiger partial charge in [-0.3, -0.25) is 0 Å². The third-order valence-electron chi connectivity index (χ3n) is 6.43. The Morgan fingerprint density at radius 1 is 1.00 bits per heavy atom. The molecule has 0 spiro atoms. The Hall–Kier alpha value is -4.02. The number of nitrogens with zero attached hydrogens (tertiary/aromatic N) is 6. The van der Waals surface area contributed by atoms with Crippen molar-refractivity contribution in [1.82, 2.24) is 30.3 Å². The van der Waals surface area contributed by atoms with E-state index in [-0.39, 0.29) is 18.2 Å². The maximum absolute atomic E-state index is 15.7. The average molecular weight is 521 g/mol. The number of piperazine rings is 1. The molecule has 2 aromatic heterocycles. The van der Waals surface area contributed by atoms with Gasteiger partial charge in [-0.2, -0.15) is 0 Å². The molecule has 0 amide bonds. The monoisotopic (exact) mass is 520 g/mol. The average Bonchev–Trinajstić information content (AvgIpc) is 3.26. The SMILES string of the molecule is Cc1cc(Nc2ncnc3ccc(N4CCNCC4)c(F)c23)ccc1Oc1ccc2c(c1)nnn2C.Cl. The van der Waals surface area contributed by atoms with Crippen LogP contribution in [0.15, 0.2) is 54.9 Å². The molecule has 3 aromatic carbocycles. The molecule has 2 N–H and O–H groups in total. The lowest BCUT2D eigenvalue weighted by Gasteiger charge is -2.30. The summed E-state index contributed by atoms with van der Waals surface area (Å²) in [6.07, 6.45) is 1.45. The van der Waals surface area contributed by atoms with Crippen LogP contribution in [-0.4, -0.2) is 51.1 Å². The number of ether oxygens (including phenoxy) is 1. The van der Waals surface area contributed by atoms with E-state index in [4.69, 9.17) is 4.74 Å². The molecule has 0 bridgehead atoms. The van der Waals surface area contributed by atoms with Crippen LogP contribution in [0.1, 0.15) is 5.56 Å². The fraction of sp³-hybridized carbons (Fsp3) is 0.231. The van der Waals surface area contributed by atoms with Crippen LogP contribution >= 0.6 is 12.4 Å². The number of aryl methyl sites for hydroxylation is 2. The normalized spacial score (nSPS) is 13.5. The smallest absolute Gasteiger partial charge is 0.159 e. The van der Waals surface area contributed by atoms with Crippen LogP contribution in [0.25, 0.3) is 21.9 Å². The molecule has 1 saturated heterocycles. The van der Waals surface area contributed by atoms with Crippen LogP contribution in [0.5, 0.6) is 11.5 Å². The summed E-state index contributed by atoms with van der Waals surface area (Å²) in [5, 5.41) is 15.1. The fourth-order valence-electron chi connectivity index (χ4n) is 4.54. The van der Waals surface area contributed by atoms with Gasteiger partial charge < -0.3 is 20.3 Å². The summed E-state index contributed by atoms with van der Waals surface area (Å²) < 4.78 is 23.5. The molecule has 0 radical (unpaired) electrons. The van der Waals surface area contributed by atoms with E-state index >= 15 is 4.39 Å². The number of rotatable bonds is 5. The maximum atomic E-state index is 15.7. The summed E-state index contributed by atoms with van der Waals surface area (Å²) in [7, 11) is 1.85. The van der Waals surface area contributed by atoms with Crippen molar-refractivity contribution in [2.75, 3.05) is 36.4 Å². The van der Waals surface area contributed by atoms with Crippen molar-refractivity contribution in [2.24, 2.45) is 7.05 Å². The van der Waals surface area contributed by atoms with E-state index in [0.29, 0.717) is 33.9 Å². The van der Waals surface area contributed by atoms with E-state index in [1.54, 1.807) is 10.7 Å². The highest BCUT2D eigenvalue weighted by Crippen LogP contribution is 2.34. The Labute approximate surface area is 219 Å². The number of fused-ring (bicyclic) bond motifs is 2. The summed E-state index contributed by atoms with van der Waals surface area (Å²) in [5.41, 5.74) is 4.52. The highest BCUT2D eigenvalue weighted by molar-refractivity contribution is 5.94. The van der Waals surface area contributed by atoms with Crippen molar-refractivity contribution in [3.63, 3.8) is 0 Å². The van der Waals surface area contributed by atoms with Gasteiger partial charge in [0.25, 0.3) is 0 Å². The van der Waals surface area contributed by atoms with E-state index < -0.39 is 0 Å². The number of halogens is 2. The van der Waals surface area contributed by atoms with Gasteiger partial charge in [0, 0.05) is 45.0 Å². The maximum Gasteiger partial charge on any atom is 0.159 e. The Morgan fingerprint density at radius 2 is 1.84 bits per heavy atom. The van der Waals surface area contributed by atoms with Gasteiger partial charge in [0.05, 0.1) is 22.1 Å². The second-order valence-corrected chi connectivity index (χ2v) is 8.82. The Bertz CT molecular complexity index is 1580. The molecule has 1 fully saturated rings. The Morgan fingerprint density at radius 3 is 2.65 bits per heavy atom. The first-order valence-electron chi connectivity index (χ1n) is 11.8. The predicted octanol–water partition coefficient (Wildman–Crippen LogP) is 4.73. The van der Waals surface area contributed by atoms with Crippen molar-refractivity contribution >= 4 is 51.5 Å². The van der Waals surface area contributed by atoms with Gasteiger partial charge >= 0.3 is 0 Å². The number of anilines is 3. The molecule has 0 atom stereocenters. The molecule has 1 aliphatic heterocycles. The summed E-state index contributed by atoms with van der Waals surface area (Å²) in [5.74, 6) is 1.50. The van der Waals surface area contributed by atoms with E-state index in [9.17, 15) is 0 Å². The number of aromatic nitrogens is 5. The topological polar surface area (TPSA) is 93.0 Å². The highest BCUT2D eigenvalue weighted by Gasteiger charge is 2.19. The Balaban J connectivity index is 0.00000280. The number of hydrogen-bond acceptors (Lipinski definition) is 8. The largest absolute Gasteiger partial charge is 0.457 e. The number of hydrogen-bond donors (Lipinski definition) is 2. The molecule has 190 valence electrons. The standard InChI is InChI=1S/C26H25FN8O.ClH/c1-16-13-17(3-8-23(16)36-18-4-6-21-20(14-18)32-33-34(21)2)31-26-24-19(29-15-30-26)5-7-22(25(24)27)35-11-9-28-10-12-35;/h3-8,13-15,28H,9-12H2,1-2H3,(H,29,30,31);1H. The van der Waals surface area contributed by atoms with Crippen molar-refractivity contribution < 1.29 is 9.13 Å². The van der Waals surface area contributed by atoms with Crippen LogP contribution in [0.2, 0.25) is 0 Å². The minimum Gasteiger partial charge on any atom is -0.457 e. The van der Waals surface area contributed by atoms with Crippen LogP contribution in [0.3, 0.4) is 0 Å². The fourth-order valence-corrected chi connectivity index (χ4v) is 4.54. The van der Waals surface area contributed by atoms with Gasteiger partial charge in [-0.25, -0.2) is 19.0 Å². The van der Waals surface area contributed by atoms with Gasteiger partial charge in [-0.15, -0.1) is 17.5 Å². The van der Waals surface area contributed by atoms with Gasteiger partial charge in [-0.05, 0) is 55.0 Å². The first-order chi connectivity index (χ1) is 17.6. The molecule has 9 nitrogen and oxygen atoms in total. The third-order valence-corrected chi connectivity index (χ3v) is 6.43. The van der Waals surface area contributed by atoms with Crippen LogP contribution in [0.4, 0.5) is 21.6 Å². The lowest BCUT2D eigenvalue weighted by molar-refractivity contribution is 0.479. The summed E-state index contributed by atoms with van der Waals surface area (Å²) >= 11 is 0. The van der Waals surface area contributed by atoms with Gasteiger partial charge in [0.15, 0.2) is 5.82 Å². The number of nitrogens with one attached hydrogen (secondary N) is 2. The van der Waals surface area contributed by atoms with Crippen LogP contribution in [0, 0.1) is 12.7 Å². The summed E-state index contributed by atoms with van der Waals surface area (Å²) in [6, 6.07) is 15.0. The molecule has 1 aliphatic rings. The molecule has 37 heavy (non-hydrogen) atoms. The first kappa shape index (κ1) is 24.7.